The summed E-state index contributed by atoms with van der Waals surface area (Å²) in [7, 11) is -0.548. The van der Waals surface area contributed by atoms with E-state index in [2.05, 4.69) is 22.4 Å². The Morgan fingerprint density at radius 2 is 2.29 bits per heavy atom. The number of hydrogen-bond acceptors (Lipinski definition) is 3. The summed E-state index contributed by atoms with van der Waals surface area (Å²) in [4.78, 5) is 0. The minimum absolute atomic E-state index is 0.548. The zero-order valence-electron chi connectivity index (χ0n) is 10.4. The lowest BCUT2D eigenvalue weighted by Gasteiger charge is -2.22. The topological polar surface area (TPSA) is 57.8 Å². The second-order valence-electron chi connectivity index (χ2n) is 4.70. The van der Waals surface area contributed by atoms with Crippen LogP contribution in [0.5, 0.6) is 0 Å². The molecule has 1 aliphatic heterocycles. The first-order valence-electron chi connectivity index (χ1n) is 6.33. The van der Waals surface area contributed by atoms with Gasteiger partial charge in [0.25, 0.3) is 0 Å². The van der Waals surface area contributed by atoms with Crippen molar-refractivity contribution >= 4 is 10.8 Å². The first kappa shape index (κ1) is 12.8. The number of nitrogens with zero attached hydrogens (tertiary/aromatic N) is 1. The third-order valence-corrected chi connectivity index (χ3v) is 4.76. The number of nitrogens with one attached hydrogen (secondary N) is 2. The molecule has 0 aromatic carbocycles. The Bertz CT molecular complexity index is 368. The summed E-state index contributed by atoms with van der Waals surface area (Å²) in [6, 6.07) is 0.582. The fourth-order valence-corrected chi connectivity index (χ4v) is 3.51. The van der Waals surface area contributed by atoms with E-state index in [0.29, 0.717) is 6.04 Å². The van der Waals surface area contributed by atoms with E-state index in [-0.39, 0.29) is 0 Å². The van der Waals surface area contributed by atoms with Crippen LogP contribution in [0.3, 0.4) is 0 Å². The molecule has 2 rings (SSSR count). The molecule has 0 saturated carbocycles. The third kappa shape index (κ3) is 3.92. The van der Waals surface area contributed by atoms with Crippen LogP contribution in [-0.4, -0.2) is 38.5 Å². The summed E-state index contributed by atoms with van der Waals surface area (Å²) in [6.45, 7) is 3.11. The molecule has 1 aromatic heterocycles. The molecule has 1 fully saturated rings. The zero-order valence-corrected chi connectivity index (χ0v) is 11.2. The van der Waals surface area contributed by atoms with Gasteiger partial charge in [0.2, 0.25) is 0 Å². The number of aryl methyl sites for hydroxylation is 2. The van der Waals surface area contributed by atoms with E-state index in [1.54, 1.807) is 0 Å². The monoisotopic (exact) mass is 255 g/mol. The smallest absolute Gasteiger partial charge is 0.0522 e. The number of rotatable bonds is 5. The van der Waals surface area contributed by atoms with Gasteiger partial charge < -0.3 is 5.32 Å². The zero-order chi connectivity index (χ0) is 12.1. The molecule has 0 bridgehead atoms. The van der Waals surface area contributed by atoms with E-state index < -0.39 is 10.8 Å². The van der Waals surface area contributed by atoms with Gasteiger partial charge in [0.15, 0.2) is 0 Å². The highest BCUT2D eigenvalue weighted by Crippen LogP contribution is 2.10. The van der Waals surface area contributed by atoms with Crippen molar-refractivity contribution in [1.29, 1.82) is 0 Å². The summed E-state index contributed by atoms with van der Waals surface area (Å²) >= 11 is 0. The lowest BCUT2D eigenvalue weighted by molar-refractivity contribution is 0.471. The second kappa shape index (κ2) is 6.31. The number of aromatic nitrogens is 2. The van der Waals surface area contributed by atoms with Crippen LogP contribution >= 0.6 is 0 Å². The van der Waals surface area contributed by atoms with Gasteiger partial charge in [-0.2, -0.15) is 5.10 Å². The molecule has 0 amide bonds. The third-order valence-electron chi connectivity index (χ3n) is 3.38. The Labute approximate surface area is 105 Å². The summed E-state index contributed by atoms with van der Waals surface area (Å²) in [5.74, 6) is 1.75. The van der Waals surface area contributed by atoms with Gasteiger partial charge in [-0.15, -0.1) is 0 Å². The largest absolute Gasteiger partial charge is 0.314 e. The van der Waals surface area contributed by atoms with E-state index in [0.717, 1.165) is 43.7 Å². The fraction of sp³-hybridized carbons (Fsp3) is 0.750. The summed E-state index contributed by atoms with van der Waals surface area (Å²) in [5, 5.41) is 10.5. The van der Waals surface area contributed by atoms with Crippen molar-refractivity contribution < 1.29 is 4.21 Å². The highest BCUT2D eigenvalue weighted by Gasteiger charge is 2.16. The lowest BCUT2D eigenvalue weighted by atomic mass is 10.1. The first-order valence-corrected chi connectivity index (χ1v) is 7.81. The predicted molar refractivity (Wildman–Crippen MR) is 70.5 cm³/mol. The Morgan fingerprint density at radius 3 is 2.94 bits per heavy atom. The average molecular weight is 255 g/mol. The molecule has 17 heavy (non-hydrogen) atoms. The lowest BCUT2D eigenvalue weighted by Crippen LogP contribution is -2.36. The van der Waals surface area contributed by atoms with Crippen LogP contribution in [0.1, 0.15) is 30.5 Å². The van der Waals surface area contributed by atoms with Gasteiger partial charge in [0.05, 0.1) is 6.20 Å². The van der Waals surface area contributed by atoms with Crippen LogP contribution in [0.15, 0.2) is 6.20 Å². The number of H-pyrrole nitrogens is 1. The molecule has 96 valence electrons. The SMILES string of the molecule is Cc1[nH]ncc1CCCNC1CCS(=O)CC1. The molecule has 5 heteroatoms. The van der Waals surface area contributed by atoms with Crippen LogP contribution in [-0.2, 0) is 17.2 Å². The molecule has 1 aliphatic rings. The highest BCUT2D eigenvalue weighted by atomic mass is 32.2. The van der Waals surface area contributed by atoms with Gasteiger partial charge in [0, 0.05) is 34.0 Å². The van der Waals surface area contributed by atoms with Gasteiger partial charge in [0.1, 0.15) is 0 Å². The summed E-state index contributed by atoms with van der Waals surface area (Å²) in [6.07, 6.45) is 6.27. The van der Waals surface area contributed by atoms with Gasteiger partial charge in [-0.3, -0.25) is 9.31 Å². The molecule has 0 radical (unpaired) electrons. The van der Waals surface area contributed by atoms with Crippen molar-refractivity contribution in [2.75, 3.05) is 18.1 Å². The summed E-state index contributed by atoms with van der Waals surface area (Å²) in [5.41, 5.74) is 2.50. The Morgan fingerprint density at radius 1 is 1.53 bits per heavy atom. The van der Waals surface area contributed by atoms with Crippen LogP contribution in [0, 0.1) is 6.92 Å². The van der Waals surface area contributed by atoms with Crippen LogP contribution in [0.4, 0.5) is 0 Å². The molecule has 0 unspecified atom stereocenters. The van der Waals surface area contributed by atoms with Crippen molar-refractivity contribution in [3.05, 3.63) is 17.5 Å². The molecule has 1 saturated heterocycles. The minimum Gasteiger partial charge on any atom is -0.314 e. The molecular weight excluding hydrogens is 234 g/mol. The Hall–Kier alpha value is -0.680. The first-order chi connectivity index (χ1) is 8.25. The molecule has 1 aromatic rings. The molecule has 4 nitrogen and oxygen atoms in total. The Balaban J connectivity index is 1.60. The van der Waals surface area contributed by atoms with E-state index in [9.17, 15) is 4.21 Å². The maximum atomic E-state index is 11.2. The molecule has 0 aliphatic carbocycles. The maximum Gasteiger partial charge on any atom is 0.0522 e. The van der Waals surface area contributed by atoms with E-state index in [1.807, 2.05) is 6.20 Å². The van der Waals surface area contributed by atoms with Crippen molar-refractivity contribution in [2.24, 2.45) is 0 Å². The van der Waals surface area contributed by atoms with Gasteiger partial charge in [-0.25, -0.2) is 0 Å². The van der Waals surface area contributed by atoms with E-state index >= 15 is 0 Å². The van der Waals surface area contributed by atoms with Crippen LogP contribution in [0.2, 0.25) is 0 Å². The fourth-order valence-electron chi connectivity index (χ4n) is 2.21. The number of hydrogen-bond donors (Lipinski definition) is 2. The minimum atomic E-state index is -0.548. The standard InChI is InChI=1S/C12H21N3OS/c1-10-11(9-14-15-10)3-2-6-13-12-4-7-17(16)8-5-12/h9,12-13H,2-8H2,1H3,(H,14,15). The van der Waals surface area contributed by atoms with Crippen molar-refractivity contribution in [2.45, 2.75) is 38.6 Å². The second-order valence-corrected chi connectivity index (χ2v) is 6.40. The van der Waals surface area contributed by atoms with Crippen LogP contribution in [0.25, 0.3) is 0 Å². The number of aromatic amines is 1. The van der Waals surface area contributed by atoms with Gasteiger partial charge in [-0.05, 0) is 44.7 Å². The molecular formula is C12H21N3OS. The Kier molecular flexibility index (Phi) is 4.74. The van der Waals surface area contributed by atoms with Gasteiger partial charge in [-0.1, -0.05) is 0 Å². The van der Waals surface area contributed by atoms with Crippen molar-refractivity contribution in [3.63, 3.8) is 0 Å². The van der Waals surface area contributed by atoms with Gasteiger partial charge >= 0.3 is 0 Å². The molecule has 2 heterocycles. The maximum absolute atomic E-state index is 11.2. The molecule has 2 N–H and O–H groups in total. The highest BCUT2D eigenvalue weighted by molar-refractivity contribution is 7.85. The average Bonchev–Trinajstić information content (AvgIpc) is 2.73. The van der Waals surface area contributed by atoms with E-state index in [4.69, 9.17) is 0 Å². The van der Waals surface area contributed by atoms with Crippen molar-refractivity contribution in [1.82, 2.24) is 15.5 Å². The van der Waals surface area contributed by atoms with E-state index in [1.165, 1.54) is 11.3 Å². The predicted octanol–water partition coefficient (Wildman–Crippen LogP) is 1.15. The summed E-state index contributed by atoms with van der Waals surface area (Å²) < 4.78 is 11.2. The van der Waals surface area contributed by atoms with Crippen LogP contribution < -0.4 is 5.32 Å². The quantitative estimate of drug-likeness (QED) is 0.776. The normalized spacial score (nSPS) is 25.0. The molecule has 0 atom stereocenters. The van der Waals surface area contributed by atoms with Crippen molar-refractivity contribution in [3.8, 4) is 0 Å². The molecule has 0 spiro atoms.